The number of fused-ring (bicyclic) bond motifs is 1. The zero-order valence-corrected chi connectivity index (χ0v) is 12.0. The van der Waals surface area contributed by atoms with E-state index in [9.17, 15) is 4.79 Å². The maximum absolute atomic E-state index is 11.6. The van der Waals surface area contributed by atoms with Crippen molar-refractivity contribution in [2.24, 2.45) is 0 Å². The normalized spacial score (nSPS) is 14.3. The molecular formula is C10H12N3NdO-. The van der Waals surface area contributed by atoms with E-state index in [1.54, 1.807) is 17.3 Å². The molecule has 0 bridgehead atoms. The predicted octanol–water partition coefficient (Wildman–Crippen LogP) is 1.84. The average molecular weight is 334 g/mol. The third kappa shape index (κ3) is 2.47. The Morgan fingerprint density at radius 3 is 2.93 bits per heavy atom. The van der Waals surface area contributed by atoms with Crippen molar-refractivity contribution in [3.05, 3.63) is 23.8 Å². The monoisotopic (exact) mass is 332 g/mol. The van der Waals surface area contributed by atoms with Crippen LogP contribution in [0.3, 0.4) is 0 Å². The molecule has 2 heterocycles. The van der Waals surface area contributed by atoms with Gasteiger partial charge in [-0.15, -0.1) is 5.69 Å². The fourth-order valence-electron chi connectivity index (χ4n) is 1.63. The van der Waals surface area contributed by atoms with Gasteiger partial charge in [0.2, 0.25) is 5.91 Å². The molecule has 0 aliphatic carbocycles. The van der Waals surface area contributed by atoms with Crippen molar-refractivity contribution in [3.63, 3.8) is 0 Å². The summed E-state index contributed by atoms with van der Waals surface area (Å²) in [7, 11) is 0. The maximum atomic E-state index is 11.6. The summed E-state index contributed by atoms with van der Waals surface area (Å²) in [4.78, 5) is 17.4. The molecule has 0 saturated heterocycles. The van der Waals surface area contributed by atoms with Gasteiger partial charge >= 0.3 is 0 Å². The third-order valence-electron chi connectivity index (χ3n) is 2.21. The molecule has 1 amide bonds. The fourth-order valence-corrected chi connectivity index (χ4v) is 1.63. The van der Waals surface area contributed by atoms with Gasteiger partial charge in [-0.05, 0) is 20.4 Å². The van der Waals surface area contributed by atoms with Gasteiger partial charge in [-0.3, -0.25) is 9.78 Å². The molecule has 0 fully saturated rings. The summed E-state index contributed by atoms with van der Waals surface area (Å²) in [5.41, 5.74) is 1.67. The first-order valence-corrected chi connectivity index (χ1v) is 4.63. The van der Waals surface area contributed by atoms with Gasteiger partial charge in [-0.2, -0.15) is 0 Å². The van der Waals surface area contributed by atoms with Crippen LogP contribution < -0.4 is 4.90 Å². The van der Waals surface area contributed by atoms with Crippen LogP contribution in [0.1, 0.15) is 13.8 Å². The Morgan fingerprint density at radius 1 is 1.53 bits per heavy atom. The minimum atomic E-state index is 0. The number of pyridine rings is 1. The van der Waals surface area contributed by atoms with Crippen LogP contribution in [0.4, 0.5) is 11.4 Å². The van der Waals surface area contributed by atoms with E-state index in [1.165, 1.54) is 0 Å². The molecule has 15 heavy (non-hydrogen) atoms. The largest absolute Gasteiger partial charge is 0.675 e. The second-order valence-corrected chi connectivity index (χ2v) is 3.54. The van der Waals surface area contributed by atoms with Crippen molar-refractivity contribution in [3.8, 4) is 0 Å². The summed E-state index contributed by atoms with van der Waals surface area (Å²) >= 11 is 0. The standard InChI is InChI=1S/C10H12N3O.Nd/c1-7(2)13-9-5-11-4-3-8(9)12-6-10(13)14;/h3-5,7H,6H2,1-2H3;/q-1;. The van der Waals surface area contributed by atoms with E-state index in [0.717, 1.165) is 11.4 Å². The van der Waals surface area contributed by atoms with E-state index >= 15 is 0 Å². The summed E-state index contributed by atoms with van der Waals surface area (Å²) in [6.45, 7) is 4.22. The van der Waals surface area contributed by atoms with Gasteiger partial charge in [0, 0.05) is 65.0 Å². The number of amides is 1. The molecule has 0 N–H and O–H groups in total. The number of nitrogens with zero attached hydrogens (tertiary/aromatic N) is 3. The van der Waals surface area contributed by atoms with E-state index in [1.807, 2.05) is 19.9 Å². The molecule has 0 unspecified atom stereocenters. The number of hydrogen-bond acceptors (Lipinski definition) is 2. The Balaban J connectivity index is 0.00000112. The molecular weight excluding hydrogens is 322 g/mol. The second kappa shape index (κ2) is 5.21. The van der Waals surface area contributed by atoms with Crippen LogP contribution in [-0.4, -0.2) is 23.5 Å². The molecule has 1 aromatic heterocycles. The van der Waals surface area contributed by atoms with E-state index in [0.29, 0.717) is 0 Å². The maximum Gasteiger partial charge on any atom is 0.209 e. The Hall–Kier alpha value is -0.229. The molecule has 0 saturated carbocycles. The van der Waals surface area contributed by atoms with Gasteiger partial charge in [0.1, 0.15) is 0 Å². The molecule has 0 spiro atoms. The van der Waals surface area contributed by atoms with Crippen LogP contribution in [0.15, 0.2) is 18.5 Å². The van der Waals surface area contributed by atoms with E-state index < -0.39 is 0 Å². The molecule has 1 aliphatic rings. The first kappa shape index (κ1) is 12.8. The Bertz CT molecular complexity index is 367. The molecule has 0 radical (unpaired) electrons. The quantitative estimate of drug-likeness (QED) is 0.787. The van der Waals surface area contributed by atoms with Gasteiger partial charge in [0.05, 0.1) is 0 Å². The molecule has 4 nitrogen and oxygen atoms in total. The summed E-state index contributed by atoms with van der Waals surface area (Å²) in [5.74, 6) is 0.0421. The van der Waals surface area contributed by atoms with Gasteiger partial charge in [-0.25, -0.2) is 0 Å². The van der Waals surface area contributed by atoms with Gasteiger partial charge < -0.3 is 10.2 Å². The van der Waals surface area contributed by atoms with Crippen molar-refractivity contribution >= 4 is 17.3 Å². The Kier molecular flexibility index (Phi) is 4.46. The summed E-state index contributed by atoms with van der Waals surface area (Å²) in [6, 6.07) is 1.98. The number of carbonyl (C=O) groups excluding carboxylic acids is 1. The van der Waals surface area contributed by atoms with E-state index in [-0.39, 0.29) is 59.3 Å². The molecule has 0 atom stereocenters. The molecule has 0 aromatic carbocycles. The van der Waals surface area contributed by atoms with Crippen molar-refractivity contribution in [1.29, 1.82) is 0 Å². The summed E-state index contributed by atoms with van der Waals surface area (Å²) < 4.78 is 0. The smallest absolute Gasteiger partial charge is 0.209 e. The van der Waals surface area contributed by atoms with Gasteiger partial charge in [0.15, 0.2) is 0 Å². The summed E-state index contributed by atoms with van der Waals surface area (Å²) in [5, 5.41) is 4.18. The van der Waals surface area contributed by atoms with Crippen molar-refractivity contribution in [2.75, 3.05) is 11.4 Å². The number of anilines is 1. The van der Waals surface area contributed by atoms with Crippen LogP contribution in [-0.2, 0) is 4.79 Å². The average Bonchev–Trinajstić information content (AvgIpc) is 2.17. The Labute approximate surface area is 122 Å². The van der Waals surface area contributed by atoms with Gasteiger partial charge in [0.25, 0.3) is 0 Å². The molecule has 2 rings (SSSR count). The number of rotatable bonds is 1. The molecule has 78 valence electrons. The van der Waals surface area contributed by atoms with Crippen LogP contribution in [0.2, 0.25) is 0 Å². The molecule has 1 aliphatic heterocycles. The Morgan fingerprint density at radius 2 is 2.27 bits per heavy atom. The predicted molar refractivity (Wildman–Crippen MR) is 54.7 cm³/mol. The number of hydrogen-bond donors (Lipinski definition) is 0. The van der Waals surface area contributed by atoms with Crippen LogP contribution >= 0.6 is 0 Å². The first-order valence-electron chi connectivity index (χ1n) is 4.63. The third-order valence-corrected chi connectivity index (χ3v) is 2.21. The zero-order chi connectivity index (χ0) is 10.1. The zero-order valence-electron chi connectivity index (χ0n) is 8.77. The number of aromatic nitrogens is 1. The molecule has 5 heteroatoms. The van der Waals surface area contributed by atoms with Crippen LogP contribution in [0.5, 0.6) is 0 Å². The first-order chi connectivity index (χ1) is 6.70. The minimum absolute atomic E-state index is 0. The van der Waals surface area contributed by atoms with Gasteiger partial charge in [-0.1, -0.05) is 6.07 Å². The van der Waals surface area contributed by atoms with Crippen molar-refractivity contribution < 1.29 is 45.6 Å². The molecule has 1 aromatic rings. The topological polar surface area (TPSA) is 47.3 Å². The van der Waals surface area contributed by atoms with Crippen LogP contribution in [0.25, 0.3) is 5.32 Å². The van der Waals surface area contributed by atoms with Crippen molar-refractivity contribution in [1.82, 2.24) is 4.98 Å². The second-order valence-electron chi connectivity index (χ2n) is 3.54. The van der Waals surface area contributed by atoms with Crippen LogP contribution in [0, 0.1) is 40.8 Å². The minimum Gasteiger partial charge on any atom is -0.675 e. The van der Waals surface area contributed by atoms with E-state index in [4.69, 9.17) is 0 Å². The summed E-state index contributed by atoms with van der Waals surface area (Å²) in [6.07, 6.45) is 3.38. The number of carbonyl (C=O) groups is 1. The SMILES string of the molecule is CC(C)N1C(=O)C[N-]c2ccncc21.[Nd]. The van der Waals surface area contributed by atoms with Crippen molar-refractivity contribution in [2.45, 2.75) is 19.9 Å². The van der Waals surface area contributed by atoms with E-state index in [2.05, 4.69) is 10.3 Å². The fraction of sp³-hybridized carbons (Fsp3) is 0.400.